The van der Waals surface area contributed by atoms with E-state index in [1.807, 2.05) is 0 Å². The van der Waals surface area contributed by atoms with Crippen LogP contribution in [0.15, 0.2) is 0 Å². The van der Waals surface area contributed by atoms with Crippen LogP contribution in [-0.4, -0.2) is 26.3 Å². The Labute approximate surface area is 101 Å². The first kappa shape index (κ1) is 14.0. The van der Waals surface area contributed by atoms with Crippen molar-refractivity contribution < 1.29 is 4.74 Å². The lowest BCUT2D eigenvalue weighted by molar-refractivity contribution is 0.151. The topological polar surface area (TPSA) is 21.3 Å². The zero-order chi connectivity index (χ0) is 12.0. The van der Waals surface area contributed by atoms with Gasteiger partial charge in [0.1, 0.15) is 0 Å². The first-order valence-electron chi connectivity index (χ1n) is 6.93. The summed E-state index contributed by atoms with van der Waals surface area (Å²) in [6, 6.07) is 0.692. The Bertz CT molecular complexity index is 184. The Morgan fingerprint density at radius 1 is 1.38 bits per heavy atom. The van der Waals surface area contributed by atoms with Crippen LogP contribution < -0.4 is 5.32 Å². The second-order valence-corrected chi connectivity index (χ2v) is 5.41. The monoisotopic (exact) mass is 227 g/mol. The molecule has 0 amide bonds. The largest absolute Gasteiger partial charge is 0.385 e. The summed E-state index contributed by atoms with van der Waals surface area (Å²) in [6.07, 6.45) is 5.43. The summed E-state index contributed by atoms with van der Waals surface area (Å²) in [7, 11) is 1.80. The van der Waals surface area contributed by atoms with Gasteiger partial charge in [0.2, 0.25) is 0 Å². The lowest BCUT2D eigenvalue weighted by atomic mass is 9.82. The van der Waals surface area contributed by atoms with Crippen LogP contribution >= 0.6 is 0 Å². The van der Waals surface area contributed by atoms with Gasteiger partial charge in [-0.15, -0.1) is 0 Å². The van der Waals surface area contributed by atoms with Crippen molar-refractivity contribution in [1.82, 2.24) is 5.32 Å². The molecule has 1 aliphatic rings. The summed E-state index contributed by atoms with van der Waals surface area (Å²) in [5.41, 5.74) is 0. The molecule has 16 heavy (non-hydrogen) atoms. The third-order valence-corrected chi connectivity index (χ3v) is 4.22. The molecule has 1 saturated carbocycles. The van der Waals surface area contributed by atoms with Crippen LogP contribution in [0.1, 0.15) is 46.5 Å². The predicted octanol–water partition coefficient (Wildman–Crippen LogP) is 3.07. The highest BCUT2D eigenvalue weighted by Gasteiger charge is 2.33. The molecule has 1 fully saturated rings. The molecule has 1 aliphatic carbocycles. The number of nitrogens with one attached hydrogen (secondary N) is 1. The third kappa shape index (κ3) is 3.74. The number of methoxy groups -OCH3 is 1. The molecule has 0 aromatic rings. The SMILES string of the molecule is CCNC(C(C)CCOC)C1CCCC1C. The average molecular weight is 227 g/mol. The number of hydrogen-bond acceptors (Lipinski definition) is 2. The van der Waals surface area contributed by atoms with E-state index < -0.39 is 0 Å². The zero-order valence-corrected chi connectivity index (χ0v) is 11.5. The van der Waals surface area contributed by atoms with E-state index in [0.29, 0.717) is 6.04 Å². The maximum Gasteiger partial charge on any atom is 0.0465 e. The molecule has 0 spiro atoms. The lowest BCUT2D eigenvalue weighted by Crippen LogP contribution is -2.42. The van der Waals surface area contributed by atoms with Crippen LogP contribution in [0, 0.1) is 17.8 Å². The molecule has 2 nitrogen and oxygen atoms in total. The minimum absolute atomic E-state index is 0.692. The molecule has 1 N–H and O–H groups in total. The average Bonchev–Trinajstić information content (AvgIpc) is 2.69. The van der Waals surface area contributed by atoms with Crippen molar-refractivity contribution in [1.29, 1.82) is 0 Å². The summed E-state index contributed by atoms with van der Waals surface area (Å²) < 4.78 is 5.20. The second-order valence-electron chi connectivity index (χ2n) is 5.41. The molecular weight excluding hydrogens is 198 g/mol. The Kier molecular flexibility index (Phi) is 6.37. The standard InChI is InChI=1S/C14H29NO/c1-5-15-14(12(3)9-10-16-4)13-8-6-7-11(13)2/h11-15H,5-10H2,1-4H3. The molecule has 0 bridgehead atoms. The highest BCUT2D eigenvalue weighted by Crippen LogP contribution is 2.36. The lowest BCUT2D eigenvalue weighted by Gasteiger charge is -2.32. The molecule has 2 heteroatoms. The molecule has 96 valence electrons. The minimum Gasteiger partial charge on any atom is -0.385 e. The van der Waals surface area contributed by atoms with Gasteiger partial charge in [0.05, 0.1) is 0 Å². The summed E-state index contributed by atoms with van der Waals surface area (Å²) in [6.45, 7) is 8.99. The van der Waals surface area contributed by atoms with Crippen molar-refractivity contribution in [2.75, 3.05) is 20.3 Å². The summed E-state index contributed by atoms with van der Waals surface area (Å²) >= 11 is 0. The highest BCUT2D eigenvalue weighted by atomic mass is 16.5. The molecule has 0 heterocycles. The maximum atomic E-state index is 5.20. The van der Waals surface area contributed by atoms with E-state index >= 15 is 0 Å². The molecule has 0 radical (unpaired) electrons. The van der Waals surface area contributed by atoms with Gasteiger partial charge in [-0.05, 0) is 37.1 Å². The quantitative estimate of drug-likeness (QED) is 0.721. The van der Waals surface area contributed by atoms with E-state index in [2.05, 4.69) is 26.1 Å². The molecule has 1 rings (SSSR count). The van der Waals surface area contributed by atoms with Crippen LogP contribution in [0.3, 0.4) is 0 Å². The first-order valence-corrected chi connectivity index (χ1v) is 6.93. The molecule has 0 saturated heterocycles. The highest BCUT2D eigenvalue weighted by molar-refractivity contribution is 4.87. The maximum absolute atomic E-state index is 5.20. The van der Waals surface area contributed by atoms with E-state index in [4.69, 9.17) is 4.74 Å². The fourth-order valence-electron chi connectivity index (χ4n) is 3.20. The van der Waals surface area contributed by atoms with Crippen molar-refractivity contribution >= 4 is 0 Å². The van der Waals surface area contributed by atoms with Gasteiger partial charge in [-0.1, -0.05) is 33.6 Å². The van der Waals surface area contributed by atoms with E-state index in [0.717, 1.165) is 30.9 Å². The van der Waals surface area contributed by atoms with Gasteiger partial charge in [0.15, 0.2) is 0 Å². The fourth-order valence-corrected chi connectivity index (χ4v) is 3.20. The molecule has 0 aromatic heterocycles. The Morgan fingerprint density at radius 3 is 2.62 bits per heavy atom. The van der Waals surface area contributed by atoms with Crippen LogP contribution in [0.2, 0.25) is 0 Å². The van der Waals surface area contributed by atoms with Crippen molar-refractivity contribution in [3.8, 4) is 0 Å². The van der Waals surface area contributed by atoms with E-state index in [1.54, 1.807) is 7.11 Å². The molecular formula is C14H29NO. The number of rotatable bonds is 7. The zero-order valence-electron chi connectivity index (χ0n) is 11.5. The Hall–Kier alpha value is -0.0800. The molecule has 0 aliphatic heterocycles. The molecule has 4 unspecified atom stereocenters. The van der Waals surface area contributed by atoms with Crippen molar-refractivity contribution in [3.05, 3.63) is 0 Å². The van der Waals surface area contributed by atoms with Crippen LogP contribution in [0.25, 0.3) is 0 Å². The van der Waals surface area contributed by atoms with Gasteiger partial charge in [0, 0.05) is 19.8 Å². The van der Waals surface area contributed by atoms with Crippen LogP contribution in [-0.2, 0) is 4.74 Å². The van der Waals surface area contributed by atoms with Crippen molar-refractivity contribution in [2.24, 2.45) is 17.8 Å². The van der Waals surface area contributed by atoms with Crippen LogP contribution in [0.5, 0.6) is 0 Å². The van der Waals surface area contributed by atoms with Gasteiger partial charge < -0.3 is 10.1 Å². The predicted molar refractivity (Wildman–Crippen MR) is 69.6 cm³/mol. The van der Waals surface area contributed by atoms with Gasteiger partial charge in [-0.2, -0.15) is 0 Å². The number of ether oxygens (including phenoxy) is 1. The van der Waals surface area contributed by atoms with Crippen molar-refractivity contribution in [3.63, 3.8) is 0 Å². The Balaban J connectivity index is 2.51. The van der Waals surface area contributed by atoms with Gasteiger partial charge in [-0.25, -0.2) is 0 Å². The van der Waals surface area contributed by atoms with E-state index in [9.17, 15) is 0 Å². The van der Waals surface area contributed by atoms with E-state index in [1.165, 1.54) is 25.7 Å². The van der Waals surface area contributed by atoms with Crippen LogP contribution in [0.4, 0.5) is 0 Å². The number of hydrogen-bond donors (Lipinski definition) is 1. The molecule has 0 aromatic carbocycles. The normalized spacial score (nSPS) is 29.2. The summed E-state index contributed by atoms with van der Waals surface area (Å²) in [5.74, 6) is 2.51. The minimum atomic E-state index is 0.692. The van der Waals surface area contributed by atoms with Gasteiger partial charge in [-0.3, -0.25) is 0 Å². The Morgan fingerprint density at radius 2 is 2.12 bits per heavy atom. The third-order valence-electron chi connectivity index (χ3n) is 4.22. The summed E-state index contributed by atoms with van der Waals surface area (Å²) in [4.78, 5) is 0. The van der Waals surface area contributed by atoms with Crippen molar-refractivity contribution in [2.45, 2.75) is 52.5 Å². The van der Waals surface area contributed by atoms with E-state index in [-0.39, 0.29) is 0 Å². The second kappa shape index (κ2) is 7.29. The first-order chi connectivity index (χ1) is 7.70. The summed E-state index contributed by atoms with van der Waals surface area (Å²) in [5, 5.41) is 3.71. The molecule has 4 atom stereocenters. The van der Waals surface area contributed by atoms with Gasteiger partial charge >= 0.3 is 0 Å². The fraction of sp³-hybridized carbons (Fsp3) is 1.00. The smallest absolute Gasteiger partial charge is 0.0465 e. The van der Waals surface area contributed by atoms with Gasteiger partial charge in [0.25, 0.3) is 0 Å².